The first-order valence-corrected chi connectivity index (χ1v) is 6.29. The Bertz CT molecular complexity index is 724. The molecule has 3 aromatic rings. The monoisotopic (exact) mass is 260 g/mol. The zero-order valence-corrected chi connectivity index (χ0v) is 10.7. The van der Waals surface area contributed by atoms with Crippen molar-refractivity contribution in [3.05, 3.63) is 72.8 Å². The van der Waals surface area contributed by atoms with Crippen LogP contribution in [-0.2, 0) is 0 Å². The Balaban J connectivity index is 2.29. The zero-order chi connectivity index (χ0) is 13.8. The van der Waals surface area contributed by atoms with Crippen LogP contribution in [0.1, 0.15) is 10.4 Å². The van der Waals surface area contributed by atoms with Gasteiger partial charge in [-0.3, -0.25) is 14.8 Å². The van der Waals surface area contributed by atoms with Gasteiger partial charge in [-0.1, -0.05) is 30.3 Å². The van der Waals surface area contributed by atoms with Crippen molar-refractivity contribution in [3.8, 4) is 22.3 Å². The van der Waals surface area contributed by atoms with Crippen LogP contribution in [0.25, 0.3) is 22.3 Å². The summed E-state index contributed by atoms with van der Waals surface area (Å²) in [7, 11) is 0. The van der Waals surface area contributed by atoms with Gasteiger partial charge in [-0.25, -0.2) is 0 Å². The molecule has 96 valence electrons. The Labute approximate surface area is 117 Å². The SMILES string of the molecule is O=Cc1cccc(-c2cccnc2)c1-c1cccnc1. The van der Waals surface area contributed by atoms with Crippen molar-refractivity contribution in [1.29, 1.82) is 0 Å². The molecule has 0 bridgehead atoms. The molecule has 0 atom stereocenters. The molecule has 2 aromatic heterocycles. The van der Waals surface area contributed by atoms with Crippen molar-refractivity contribution in [2.75, 3.05) is 0 Å². The highest BCUT2D eigenvalue weighted by atomic mass is 16.1. The van der Waals surface area contributed by atoms with Gasteiger partial charge in [0, 0.05) is 47.0 Å². The molecule has 3 nitrogen and oxygen atoms in total. The smallest absolute Gasteiger partial charge is 0.150 e. The van der Waals surface area contributed by atoms with Gasteiger partial charge in [0.15, 0.2) is 6.29 Å². The lowest BCUT2D eigenvalue weighted by Crippen LogP contribution is -1.92. The summed E-state index contributed by atoms with van der Waals surface area (Å²) < 4.78 is 0. The summed E-state index contributed by atoms with van der Waals surface area (Å²) in [6.45, 7) is 0. The van der Waals surface area contributed by atoms with Gasteiger partial charge in [-0.15, -0.1) is 0 Å². The van der Waals surface area contributed by atoms with Gasteiger partial charge < -0.3 is 0 Å². The molecule has 20 heavy (non-hydrogen) atoms. The zero-order valence-electron chi connectivity index (χ0n) is 10.7. The predicted molar refractivity (Wildman–Crippen MR) is 78.3 cm³/mol. The molecule has 0 fully saturated rings. The van der Waals surface area contributed by atoms with E-state index in [1.54, 1.807) is 24.8 Å². The molecular weight excluding hydrogens is 248 g/mol. The first kappa shape index (κ1) is 12.2. The molecule has 0 radical (unpaired) electrons. The molecule has 0 unspecified atom stereocenters. The summed E-state index contributed by atoms with van der Waals surface area (Å²) >= 11 is 0. The summed E-state index contributed by atoms with van der Waals surface area (Å²) in [6.07, 6.45) is 7.89. The van der Waals surface area contributed by atoms with Crippen LogP contribution in [0.2, 0.25) is 0 Å². The number of benzene rings is 1. The van der Waals surface area contributed by atoms with Crippen LogP contribution < -0.4 is 0 Å². The summed E-state index contributed by atoms with van der Waals surface area (Å²) in [5.74, 6) is 0. The second-order valence-electron chi connectivity index (χ2n) is 4.37. The second-order valence-corrected chi connectivity index (χ2v) is 4.37. The lowest BCUT2D eigenvalue weighted by molar-refractivity contribution is 0.112. The van der Waals surface area contributed by atoms with Crippen LogP contribution in [0.4, 0.5) is 0 Å². The van der Waals surface area contributed by atoms with Crippen molar-refractivity contribution in [2.24, 2.45) is 0 Å². The van der Waals surface area contributed by atoms with E-state index < -0.39 is 0 Å². The molecule has 0 aliphatic rings. The molecule has 0 saturated carbocycles. The highest BCUT2D eigenvalue weighted by Crippen LogP contribution is 2.33. The van der Waals surface area contributed by atoms with E-state index in [0.717, 1.165) is 28.5 Å². The van der Waals surface area contributed by atoms with Gasteiger partial charge in [0.05, 0.1) is 0 Å². The van der Waals surface area contributed by atoms with Gasteiger partial charge in [0.1, 0.15) is 0 Å². The fraction of sp³-hybridized carbons (Fsp3) is 0. The van der Waals surface area contributed by atoms with Crippen LogP contribution in [0, 0.1) is 0 Å². The average Bonchev–Trinajstić information content (AvgIpc) is 2.55. The minimum absolute atomic E-state index is 0.652. The molecular formula is C17H12N2O. The lowest BCUT2D eigenvalue weighted by Gasteiger charge is -2.12. The van der Waals surface area contributed by atoms with E-state index in [4.69, 9.17) is 0 Å². The van der Waals surface area contributed by atoms with Gasteiger partial charge in [-0.05, 0) is 17.7 Å². The summed E-state index contributed by atoms with van der Waals surface area (Å²) in [5.41, 5.74) is 4.43. The van der Waals surface area contributed by atoms with Gasteiger partial charge in [0.2, 0.25) is 0 Å². The van der Waals surface area contributed by atoms with Crippen LogP contribution in [0.15, 0.2) is 67.3 Å². The summed E-state index contributed by atoms with van der Waals surface area (Å²) in [5, 5.41) is 0. The first-order valence-electron chi connectivity index (χ1n) is 6.29. The molecule has 3 rings (SSSR count). The highest BCUT2D eigenvalue weighted by Gasteiger charge is 2.11. The number of hydrogen-bond donors (Lipinski definition) is 0. The van der Waals surface area contributed by atoms with Gasteiger partial charge in [-0.2, -0.15) is 0 Å². The topological polar surface area (TPSA) is 42.9 Å². The third-order valence-corrected chi connectivity index (χ3v) is 3.15. The molecule has 0 aliphatic heterocycles. The number of hydrogen-bond acceptors (Lipinski definition) is 3. The number of aldehydes is 1. The molecule has 0 aliphatic carbocycles. The maximum atomic E-state index is 11.3. The summed E-state index contributed by atoms with van der Waals surface area (Å²) in [6, 6.07) is 13.4. The highest BCUT2D eigenvalue weighted by molar-refractivity contribution is 5.95. The van der Waals surface area contributed by atoms with E-state index in [1.165, 1.54) is 0 Å². The minimum atomic E-state index is 0.652. The molecule has 0 spiro atoms. The molecule has 3 heteroatoms. The second kappa shape index (κ2) is 5.45. The van der Waals surface area contributed by atoms with E-state index in [1.807, 2.05) is 42.5 Å². The van der Waals surface area contributed by atoms with Crippen molar-refractivity contribution in [1.82, 2.24) is 9.97 Å². The average molecular weight is 260 g/mol. The Morgan fingerprint density at radius 3 is 2.10 bits per heavy atom. The van der Waals surface area contributed by atoms with Crippen molar-refractivity contribution < 1.29 is 4.79 Å². The van der Waals surface area contributed by atoms with Crippen molar-refractivity contribution in [3.63, 3.8) is 0 Å². The number of pyridine rings is 2. The molecule has 0 amide bonds. The Hall–Kier alpha value is -2.81. The van der Waals surface area contributed by atoms with E-state index in [2.05, 4.69) is 9.97 Å². The largest absolute Gasteiger partial charge is 0.298 e. The van der Waals surface area contributed by atoms with E-state index in [9.17, 15) is 4.79 Å². The standard InChI is InChI=1S/C17H12N2O/c20-12-15-4-1-7-16(13-5-2-8-18-10-13)17(15)14-6-3-9-19-11-14/h1-12H. The molecule has 2 heterocycles. The van der Waals surface area contributed by atoms with Crippen LogP contribution in [-0.4, -0.2) is 16.3 Å². The predicted octanol–water partition coefficient (Wildman–Crippen LogP) is 3.62. The molecule has 1 aromatic carbocycles. The fourth-order valence-electron chi connectivity index (χ4n) is 2.26. The van der Waals surface area contributed by atoms with Crippen molar-refractivity contribution >= 4 is 6.29 Å². The maximum absolute atomic E-state index is 11.3. The van der Waals surface area contributed by atoms with E-state index in [-0.39, 0.29) is 0 Å². The van der Waals surface area contributed by atoms with E-state index >= 15 is 0 Å². The fourth-order valence-corrected chi connectivity index (χ4v) is 2.26. The van der Waals surface area contributed by atoms with Crippen LogP contribution in [0.5, 0.6) is 0 Å². The number of carbonyl (C=O) groups is 1. The Morgan fingerprint density at radius 2 is 1.50 bits per heavy atom. The van der Waals surface area contributed by atoms with Gasteiger partial charge in [0.25, 0.3) is 0 Å². The summed E-state index contributed by atoms with van der Waals surface area (Å²) in [4.78, 5) is 19.6. The quantitative estimate of drug-likeness (QED) is 0.675. The number of aromatic nitrogens is 2. The normalized spacial score (nSPS) is 10.2. The third kappa shape index (κ3) is 2.21. The number of carbonyl (C=O) groups excluding carboxylic acids is 1. The number of rotatable bonds is 3. The molecule has 0 N–H and O–H groups in total. The third-order valence-electron chi connectivity index (χ3n) is 3.15. The first-order chi connectivity index (χ1) is 9.90. The van der Waals surface area contributed by atoms with Crippen molar-refractivity contribution in [2.45, 2.75) is 0 Å². The van der Waals surface area contributed by atoms with E-state index in [0.29, 0.717) is 5.56 Å². The molecule has 0 saturated heterocycles. The maximum Gasteiger partial charge on any atom is 0.150 e. The number of nitrogens with zero attached hydrogens (tertiary/aromatic N) is 2. The van der Waals surface area contributed by atoms with Gasteiger partial charge >= 0.3 is 0 Å². The lowest BCUT2D eigenvalue weighted by atomic mass is 9.92. The Kier molecular flexibility index (Phi) is 3.33. The minimum Gasteiger partial charge on any atom is -0.298 e. The Morgan fingerprint density at radius 1 is 0.800 bits per heavy atom. The van der Waals surface area contributed by atoms with Crippen LogP contribution in [0.3, 0.4) is 0 Å². The van der Waals surface area contributed by atoms with Crippen LogP contribution >= 0.6 is 0 Å².